The van der Waals surface area contributed by atoms with Gasteiger partial charge in [-0.15, -0.1) is 0 Å². The smallest absolute Gasteiger partial charge is 0.450 e. The Bertz CT molecular complexity index is 1780. The number of anilines is 2. The fourth-order valence-corrected chi connectivity index (χ4v) is 4.16. The second kappa shape index (κ2) is 8.80. The van der Waals surface area contributed by atoms with Crippen molar-refractivity contribution in [1.29, 1.82) is 0 Å². The van der Waals surface area contributed by atoms with E-state index in [9.17, 15) is 26.7 Å². The molecule has 0 amide bonds. The number of aryl methyl sites for hydroxylation is 2. The number of nitrogens with zero attached hydrogens (tertiary/aromatic N) is 7. The van der Waals surface area contributed by atoms with Crippen LogP contribution in [0.15, 0.2) is 41.8 Å². The number of ether oxygens (including phenoxy) is 1. The van der Waals surface area contributed by atoms with Crippen molar-refractivity contribution in [2.75, 3.05) is 5.32 Å². The molecule has 5 aromatic rings. The minimum absolute atomic E-state index is 0.0303. The van der Waals surface area contributed by atoms with Gasteiger partial charge < -0.3 is 19.2 Å². The van der Waals surface area contributed by atoms with Crippen molar-refractivity contribution in [3.63, 3.8) is 0 Å². The van der Waals surface area contributed by atoms with Gasteiger partial charge >= 0.3 is 12.1 Å². The number of aromatic nitrogens is 7. The molecule has 198 valence electrons. The first-order valence-electron chi connectivity index (χ1n) is 10.4. The van der Waals surface area contributed by atoms with E-state index in [0.717, 1.165) is 7.05 Å². The number of nitrogens with one attached hydrogen (secondary N) is 1. The van der Waals surface area contributed by atoms with Gasteiger partial charge in [0.2, 0.25) is 5.95 Å². The molecule has 5 rings (SSSR count). The van der Waals surface area contributed by atoms with Gasteiger partial charge in [-0.2, -0.15) is 32.0 Å². The summed E-state index contributed by atoms with van der Waals surface area (Å²) in [5.41, 5.74) is -2.24. The monoisotopic (exact) mass is 574 g/mol. The van der Waals surface area contributed by atoms with Crippen molar-refractivity contribution in [1.82, 2.24) is 33.7 Å². The molecule has 0 spiro atoms. The minimum atomic E-state index is -5.87. The molecule has 1 N–H and O–H groups in total. The van der Waals surface area contributed by atoms with E-state index in [1.807, 2.05) is 0 Å². The predicted octanol–water partition coefficient (Wildman–Crippen LogP) is 5.21. The molecular weight excluding hydrogens is 562 g/mol. The largest absolute Gasteiger partial charge is 0.458 e. The molecule has 0 saturated carbocycles. The number of pyridine rings is 2. The van der Waals surface area contributed by atoms with Crippen LogP contribution in [0, 0.1) is 0 Å². The molecule has 0 saturated heterocycles. The van der Waals surface area contributed by atoms with Crippen molar-refractivity contribution in [3.8, 4) is 11.5 Å². The summed E-state index contributed by atoms with van der Waals surface area (Å²) in [5, 5.41) is 6.76. The van der Waals surface area contributed by atoms with E-state index in [1.165, 1.54) is 34.7 Å². The summed E-state index contributed by atoms with van der Waals surface area (Å²) in [6, 6.07) is 0.418. The molecular formula is C21H13Cl2F5N8O2. The van der Waals surface area contributed by atoms with Crippen LogP contribution in [0.5, 0.6) is 11.5 Å². The third kappa shape index (κ3) is 4.07. The van der Waals surface area contributed by atoms with Gasteiger partial charge in [-0.25, -0.2) is 14.5 Å². The van der Waals surface area contributed by atoms with E-state index >= 15 is 0 Å². The summed E-state index contributed by atoms with van der Waals surface area (Å²) in [5.74, 6) is -5.02. The lowest BCUT2D eigenvalue weighted by atomic mass is 10.1. The quantitative estimate of drug-likeness (QED) is 0.287. The zero-order valence-electron chi connectivity index (χ0n) is 19.1. The Hall–Kier alpha value is -3.98. The average Bonchev–Trinajstić information content (AvgIpc) is 3.39. The zero-order chi connectivity index (χ0) is 27.6. The second-order valence-electron chi connectivity index (χ2n) is 7.98. The SMILES string of the molecule is Cn1cc(C(F)(F)C(F)(F)F)cc(Nc2nc3ncc(Oc4cnn5ccnc(Cl)c45)c(Cl)c3n2C)c1=O. The number of hydrogen-bond acceptors (Lipinski definition) is 7. The van der Waals surface area contributed by atoms with Crippen molar-refractivity contribution in [2.24, 2.45) is 14.1 Å². The molecule has 38 heavy (non-hydrogen) atoms. The highest BCUT2D eigenvalue weighted by Crippen LogP contribution is 2.44. The molecule has 0 atom stereocenters. The van der Waals surface area contributed by atoms with Gasteiger partial charge in [0.1, 0.15) is 21.7 Å². The number of halogens is 7. The number of fused-ring (bicyclic) bond motifs is 2. The fourth-order valence-electron chi connectivity index (χ4n) is 3.62. The van der Waals surface area contributed by atoms with E-state index in [2.05, 4.69) is 25.4 Å². The van der Waals surface area contributed by atoms with E-state index < -0.39 is 28.9 Å². The maximum Gasteiger partial charge on any atom is 0.458 e. The van der Waals surface area contributed by atoms with E-state index in [4.69, 9.17) is 27.9 Å². The first-order valence-corrected chi connectivity index (χ1v) is 11.1. The van der Waals surface area contributed by atoms with Gasteiger partial charge in [0.25, 0.3) is 5.56 Å². The van der Waals surface area contributed by atoms with Gasteiger partial charge in [0, 0.05) is 38.2 Å². The Labute approximate surface area is 218 Å². The van der Waals surface area contributed by atoms with Crippen LogP contribution in [0.2, 0.25) is 10.2 Å². The highest BCUT2D eigenvalue weighted by atomic mass is 35.5. The van der Waals surface area contributed by atoms with Crippen LogP contribution in [-0.2, 0) is 20.0 Å². The summed E-state index contributed by atoms with van der Waals surface area (Å²) in [6.07, 6.45) is 0.205. The maximum atomic E-state index is 14.0. The molecule has 5 heterocycles. The molecule has 10 nitrogen and oxygen atoms in total. The Morgan fingerprint density at radius 1 is 1.03 bits per heavy atom. The van der Waals surface area contributed by atoms with Crippen LogP contribution in [0.3, 0.4) is 0 Å². The van der Waals surface area contributed by atoms with Gasteiger partial charge in [-0.3, -0.25) is 4.79 Å². The number of imidazole rings is 1. The lowest BCUT2D eigenvalue weighted by molar-refractivity contribution is -0.289. The summed E-state index contributed by atoms with van der Waals surface area (Å²) in [6.45, 7) is 0. The van der Waals surface area contributed by atoms with Crippen LogP contribution < -0.4 is 15.6 Å². The normalized spacial score (nSPS) is 12.4. The minimum Gasteiger partial charge on any atom is -0.450 e. The number of alkyl halides is 5. The lowest BCUT2D eigenvalue weighted by Gasteiger charge is -2.21. The zero-order valence-corrected chi connectivity index (χ0v) is 20.6. The average molecular weight is 575 g/mol. The van der Waals surface area contributed by atoms with Crippen LogP contribution in [-0.4, -0.2) is 39.9 Å². The Balaban J connectivity index is 1.54. The van der Waals surface area contributed by atoms with Gasteiger partial charge in [-0.1, -0.05) is 23.2 Å². The number of rotatable bonds is 5. The third-order valence-electron chi connectivity index (χ3n) is 5.53. The van der Waals surface area contributed by atoms with Crippen molar-refractivity contribution in [3.05, 3.63) is 63.1 Å². The van der Waals surface area contributed by atoms with Crippen LogP contribution in [0.25, 0.3) is 16.7 Å². The molecule has 0 radical (unpaired) electrons. The first kappa shape index (κ1) is 25.7. The van der Waals surface area contributed by atoms with Crippen molar-refractivity contribution < 1.29 is 26.7 Å². The van der Waals surface area contributed by atoms with Crippen LogP contribution >= 0.6 is 23.2 Å². The summed E-state index contributed by atoms with van der Waals surface area (Å²) in [4.78, 5) is 24.8. The maximum absolute atomic E-state index is 14.0. The predicted molar refractivity (Wildman–Crippen MR) is 127 cm³/mol. The Morgan fingerprint density at radius 3 is 2.47 bits per heavy atom. The highest BCUT2D eigenvalue weighted by Gasteiger charge is 2.59. The summed E-state index contributed by atoms with van der Waals surface area (Å²) in [7, 11) is 2.51. The highest BCUT2D eigenvalue weighted by molar-refractivity contribution is 6.36. The molecule has 0 aliphatic carbocycles. The molecule has 0 bridgehead atoms. The molecule has 5 aromatic heterocycles. The van der Waals surface area contributed by atoms with Gasteiger partial charge in [-0.05, 0) is 6.07 Å². The van der Waals surface area contributed by atoms with Crippen LogP contribution in [0.4, 0.5) is 33.6 Å². The van der Waals surface area contributed by atoms with Gasteiger partial charge in [0.15, 0.2) is 22.3 Å². The van der Waals surface area contributed by atoms with Crippen molar-refractivity contribution >= 4 is 51.5 Å². The Morgan fingerprint density at radius 2 is 1.76 bits per heavy atom. The van der Waals surface area contributed by atoms with Crippen LogP contribution in [0.1, 0.15) is 5.56 Å². The molecule has 17 heteroatoms. The lowest BCUT2D eigenvalue weighted by Crippen LogP contribution is -2.35. The molecule has 0 aliphatic rings. The first-order chi connectivity index (χ1) is 17.8. The second-order valence-corrected chi connectivity index (χ2v) is 8.72. The number of hydrogen-bond donors (Lipinski definition) is 1. The fraction of sp³-hybridized carbons (Fsp3) is 0.190. The topological polar surface area (TPSA) is 104 Å². The standard InChI is InChI=1S/C21H13Cl2F5N8O2/c1-34-8-9(20(24,25)21(26,27)28)5-10(18(34)37)32-19-33-17-15(35(19)2)13(22)11(6-30-17)38-12-7-31-36-4-3-29-16(23)14(12)36/h3-8H,1-2H3,(H,30,32,33). The third-order valence-corrected chi connectivity index (χ3v) is 6.17. The van der Waals surface area contributed by atoms with Crippen molar-refractivity contribution in [2.45, 2.75) is 12.1 Å². The van der Waals surface area contributed by atoms with E-state index in [0.29, 0.717) is 22.3 Å². The summed E-state index contributed by atoms with van der Waals surface area (Å²) < 4.78 is 75.9. The molecule has 0 aromatic carbocycles. The summed E-state index contributed by atoms with van der Waals surface area (Å²) >= 11 is 12.7. The molecule has 0 fully saturated rings. The van der Waals surface area contributed by atoms with E-state index in [1.54, 1.807) is 6.20 Å². The molecule has 0 unspecified atom stereocenters. The molecule has 0 aliphatic heterocycles. The Kier molecular flexibility index (Phi) is 5.94. The van der Waals surface area contributed by atoms with Gasteiger partial charge in [0.05, 0.1) is 12.4 Å². The van der Waals surface area contributed by atoms with E-state index in [-0.39, 0.29) is 38.8 Å².